The normalized spacial score (nSPS) is 12.6. The van der Waals surface area contributed by atoms with Crippen molar-refractivity contribution in [2.75, 3.05) is 0 Å². The van der Waals surface area contributed by atoms with E-state index in [9.17, 15) is 0 Å². The average Bonchev–Trinajstić information content (AvgIpc) is 3.34. The van der Waals surface area contributed by atoms with Gasteiger partial charge >= 0.3 is 37.9 Å². The Kier molecular flexibility index (Phi) is 6.54. The molecular weight excluding hydrogens is 416 g/mol. The van der Waals surface area contributed by atoms with Crippen molar-refractivity contribution >= 4 is 27.9 Å². The number of benzene rings is 2. The first kappa shape index (κ1) is 17.7. The first-order valence-electron chi connectivity index (χ1n) is 7.62. The van der Waals surface area contributed by atoms with Crippen LogP contribution in [0.1, 0.15) is 17.5 Å². The molecule has 0 saturated heterocycles. The number of rotatable bonds is 0. The number of nitrogens with one attached hydrogen (secondary N) is 1. The van der Waals surface area contributed by atoms with Crippen LogP contribution in [0.3, 0.4) is 0 Å². The van der Waals surface area contributed by atoms with Gasteiger partial charge in [0.15, 0.2) is 0 Å². The molecule has 2 aliphatic carbocycles. The molecule has 4 heteroatoms. The first-order chi connectivity index (χ1) is 11.8. The number of para-hydroxylation sites is 1. The molecule has 1 aromatic heterocycles. The summed E-state index contributed by atoms with van der Waals surface area (Å²) in [6.07, 6.45) is 11.0. The van der Waals surface area contributed by atoms with Gasteiger partial charge in [0.25, 0.3) is 0 Å². The van der Waals surface area contributed by atoms with Gasteiger partial charge in [-0.3, -0.25) is 6.08 Å². The number of hydrogen-bond acceptors (Lipinski definition) is 0. The van der Waals surface area contributed by atoms with Crippen molar-refractivity contribution in [1.82, 2.24) is 4.98 Å². The summed E-state index contributed by atoms with van der Waals surface area (Å²) in [6, 6.07) is 18.1. The van der Waals surface area contributed by atoms with Gasteiger partial charge in [0, 0.05) is 10.9 Å². The van der Waals surface area contributed by atoms with E-state index in [1.54, 1.807) is 0 Å². The fourth-order valence-electron chi connectivity index (χ4n) is 2.98. The van der Waals surface area contributed by atoms with Crippen LogP contribution in [0.15, 0.2) is 60.7 Å². The van der Waals surface area contributed by atoms with Crippen molar-refractivity contribution in [3.63, 3.8) is 0 Å². The SMILES string of the molecule is [C-]1=CC=CC1.[Cl][Zr+2][Cl].[c-]1cccc2c1Cc1c-2[nH]c2ccccc12. The largest absolute Gasteiger partial charge is 0.365 e. The zero-order chi connectivity index (χ0) is 16.8. The smallest absolute Gasteiger partial charge is 0.0453 e. The molecule has 1 heterocycles. The Morgan fingerprint density at radius 2 is 1.92 bits per heavy atom. The van der Waals surface area contributed by atoms with Gasteiger partial charge in [0.1, 0.15) is 0 Å². The number of aromatic nitrogens is 1. The standard InChI is InChI=1S/C15H10N.C5H5.2ClH.Zr/c1-2-6-11-10(5-1)9-13-12-7-3-4-8-14(12)16-15(11)13;1-2-4-5-3-1;;;/h1-4,6-8,16H,9H2;1-3H,4H2;2*1H;/q2*-1;;;+4/p-2. The van der Waals surface area contributed by atoms with Crippen molar-refractivity contribution in [2.24, 2.45) is 0 Å². The minimum absolute atomic E-state index is 0.826. The second-order valence-corrected chi connectivity index (χ2v) is 9.07. The zero-order valence-corrected chi connectivity index (χ0v) is 16.9. The molecule has 1 nitrogen and oxygen atoms in total. The van der Waals surface area contributed by atoms with E-state index in [4.69, 9.17) is 17.0 Å². The third-order valence-electron chi connectivity index (χ3n) is 3.96. The van der Waals surface area contributed by atoms with Gasteiger partial charge in [-0.05, 0) is 23.7 Å². The van der Waals surface area contributed by atoms with Gasteiger partial charge in [-0.1, -0.05) is 18.2 Å². The van der Waals surface area contributed by atoms with E-state index in [0.29, 0.717) is 0 Å². The number of H-pyrrole nitrogens is 1. The summed E-state index contributed by atoms with van der Waals surface area (Å²) in [5.74, 6) is 0. The zero-order valence-electron chi connectivity index (χ0n) is 12.9. The van der Waals surface area contributed by atoms with Gasteiger partial charge in [-0.2, -0.15) is 30.3 Å². The van der Waals surface area contributed by atoms with Crippen LogP contribution in [0.4, 0.5) is 0 Å². The third-order valence-corrected chi connectivity index (χ3v) is 3.96. The molecule has 2 aromatic carbocycles. The van der Waals surface area contributed by atoms with E-state index in [1.807, 2.05) is 18.2 Å². The van der Waals surface area contributed by atoms with Crippen LogP contribution in [0.25, 0.3) is 22.2 Å². The Bertz CT molecular complexity index is 870. The van der Waals surface area contributed by atoms with Gasteiger partial charge < -0.3 is 4.98 Å². The van der Waals surface area contributed by atoms with E-state index in [1.165, 1.54) is 33.3 Å². The predicted octanol–water partition coefficient (Wildman–Crippen LogP) is 6.22. The Morgan fingerprint density at radius 3 is 2.62 bits per heavy atom. The monoisotopic (exact) mass is 429 g/mol. The topological polar surface area (TPSA) is 15.8 Å². The van der Waals surface area contributed by atoms with Gasteiger partial charge in [0.2, 0.25) is 0 Å². The molecule has 0 fully saturated rings. The van der Waals surface area contributed by atoms with Crippen LogP contribution in [0, 0.1) is 12.1 Å². The molecule has 0 atom stereocenters. The predicted molar refractivity (Wildman–Crippen MR) is 98.7 cm³/mol. The van der Waals surface area contributed by atoms with Gasteiger partial charge in [-0.25, -0.2) is 12.2 Å². The van der Waals surface area contributed by atoms with Crippen LogP contribution in [0.2, 0.25) is 0 Å². The Balaban J connectivity index is 0.000000178. The van der Waals surface area contributed by atoms with Crippen LogP contribution < -0.4 is 0 Å². The van der Waals surface area contributed by atoms with E-state index in [-0.39, 0.29) is 0 Å². The first-order valence-corrected chi connectivity index (χ1v) is 14.0. The number of fused-ring (bicyclic) bond motifs is 5. The van der Waals surface area contributed by atoms with Crippen molar-refractivity contribution in [2.45, 2.75) is 12.8 Å². The quantitative estimate of drug-likeness (QED) is 0.318. The molecular formula is C20H15Cl2NZr. The molecule has 2 aliphatic rings. The van der Waals surface area contributed by atoms with Gasteiger partial charge in [0.05, 0.1) is 0 Å². The van der Waals surface area contributed by atoms with Crippen LogP contribution >= 0.6 is 17.0 Å². The number of allylic oxidation sites excluding steroid dienone is 4. The molecule has 0 unspecified atom stereocenters. The maximum absolute atomic E-state index is 4.93. The Labute approximate surface area is 161 Å². The number of hydrogen-bond donors (Lipinski definition) is 1. The van der Waals surface area contributed by atoms with E-state index in [0.717, 1.165) is 12.8 Å². The summed E-state index contributed by atoms with van der Waals surface area (Å²) in [7, 11) is 9.87. The second-order valence-electron chi connectivity index (χ2n) is 5.34. The van der Waals surface area contributed by atoms with Crippen molar-refractivity contribution in [1.29, 1.82) is 0 Å². The summed E-state index contributed by atoms with van der Waals surface area (Å²) in [6.45, 7) is 0. The molecule has 118 valence electrons. The molecule has 1 N–H and O–H groups in total. The molecule has 0 bridgehead atoms. The van der Waals surface area contributed by atoms with Crippen LogP contribution in [-0.2, 0) is 27.3 Å². The van der Waals surface area contributed by atoms with Crippen LogP contribution in [-0.4, -0.2) is 4.98 Å². The van der Waals surface area contributed by atoms with Gasteiger partial charge in [-0.15, -0.1) is 17.5 Å². The minimum atomic E-state index is -0.826. The summed E-state index contributed by atoms with van der Waals surface area (Å²) in [4.78, 5) is 3.51. The minimum Gasteiger partial charge on any atom is -0.365 e. The summed E-state index contributed by atoms with van der Waals surface area (Å²) in [5, 5.41) is 1.35. The second kappa shape index (κ2) is 8.85. The van der Waals surface area contributed by atoms with E-state index in [2.05, 4.69) is 59.6 Å². The fraction of sp³-hybridized carbons (Fsp3) is 0.100. The Morgan fingerprint density at radius 1 is 1.08 bits per heavy atom. The van der Waals surface area contributed by atoms with E-state index >= 15 is 0 Å². The number of halogens is 2. The van der Waals surface area contributed by atoms with Crippen molar-refractivity contribution in [3.05, 3.63) is 84.0 Å². The van der Waals surface area contributed by atoms with Crippen molar-refractivity contribution in [3.8, 4) is 11.3 Å². The fourth-order valence-corrected chi connectivity index (χ4v) is 2.98. The maximum Gasteiger partial charge on any atom is 0.0453 e. The van der Waals surface area contributed by atoms with Crippen LogP contribution in [0.5, 0.6) is 0 Å². The van der Waals surface area contributed by atoms with Crippen molar-refractivity contribution < 1.29 is 20.8 Å². The molecule has 3 aromatic rings. The molecule has 0 amide bonds. The molecule has 0 saturated carbocycles. The van der Waals surface area contributed by atoms with E-state index < -0.39 is 20.8 Å². The Hall–Kier alpha value is -1.08. The molecule has 24 heavy (non-hydrogen) atoms. The molecule has 0 aliphatic heterocycles. The number of aromatic amines is 1. The summed E-state index contributed by atoms with van der Waals surface area (Å²) < 4.78 is 0. The summed E-state index contributed by atoms with van der Waals surface area (Å²) in [5.41, 5.74) is 6.58. The molecule has 0 radical (unpaired) electrons. The molecule has 5 rings (SSSR count). The molecule has 0 spiro atoms. The maximum atomic E-state index is 4.93. The summed E-state index contributed by atoms with van der Waals surface area (Å²) >= 11 is -0.826. The third kappa shape index (κ3) is 3.94. The average molecular weight is 431 g/mol.